The van der Waals surface area contributed by atoms with Crippen LogP contribution in [0.4, 0.5) is 0 Å². The standard InChI is InChI=1S/C57H109N2O6P/c1-6-8-10-12-14-16-18-20-22-24-26-28-29-31-33-35-37-39-41-43-45-47-49-51-57(61)58-55(54-65-66(62,63)64-53-52-59(3,4)5)56(60)50-48-46-44-42-40-38-36-34-32-30-27-25-23-21-19-17-15-13-11-9-7-2/h8,10,14,16,20,22,26,28,55-56,60H,6-7,9,11-13,15,17-19,21,23-25,27,29-54H2,1-5H3,(H-,58,61,62,63)/b10-8-,16-14-,22-20-,28-26-. The summed E-state index contributed by atoms with van der Waals surface area (Å²) >= 11 is 0. The molecule has 0 fully saturated rings. The number of quaternary nitrogens is 1. The summed E-state index contributed by atoms with van der Waals surface area (Å²) in [5.41, 5.74) is 0. The zero-order valence-electron chi connectivity index (χ0n) is 44.1. The van der Waals surface area contributed by atoms with Gasteiger partial charge >= 0.3 is 0 Å². The largest absolute Gasteiger partial charge is 0.756 e. The van der Waals surface area contributed by atoms with E-state index >= 15 is 0 Å². The van der Waals surface area contributed by atoms with Gasteiger partial charge in [0, 0.05) is 6.42 Å². The quantitative estimate of drug-likeness (QED) is 0.0272. The molecule has 0 aromatic rings. The predicted molar refractivity (Wildman–Crippen MR) is 284 cm³/mol. The van der Waals surface area contributed by atoms with Gasteiger partial charge < -0.3 is 28.8 Å². The summed E-state index contributed by atoms with van der Waals surface area (Å²) in [6.45, 7) is 4.63. The highest BCUT2D eigenvalue weighted by Gasteiger charge is 2.24. The lowest BCUT2D eigenvalue weighted by atomic mass is 10.0. The van der Waals surface area contributed by atoms with Crippen LogP contribution in [0.15, 0.2) is 48.6 Å². The average molecular weight is 949 g/mol. The molecule has 0 heterocycles. The number of aliphatic hydroxyl groups excluding tert-OH is 1. The van der Waals surface area contributed by atoms with E-state index in [0.29, 0.717) is 23.9 Å². The molecule has 0 spiro atoms. The lowest BCUT2D eigenvalue weighted by Gasteiger charge is -2.30. The van der Waals surface area contributed by atoms with Gasteiger partial charge in [-0.3, -0.25) is 9.36 Å². The van der Waals surface area contributed by atoms with E-state index in [9.17, 15) is 19.4 Å². The summed E-state index contributed by atoms with van der Waals surface area (Å²) in [4.78, 5) is 25.5. The predicted octanol–water partition coefficient (Wildman–Crippen LogP) is 16.1. The number of carbonyl (C=O) groups is 1. The van der Waals surface area contributed by atoms with E-state index in [2.05, 4.69) is 67.8 Å². The molecule has 0 bridgehead atoms. The summed E-state index contributed by atoms with van der Waals surface area (Å²) in [5.74, 6) is -0.168. The molecule has 0 saturated heterocycles. The maximum Gasteiger partial charge on any atom is 0.268 e. The second-order valence-electron chi connectivity index (χ2n) is 20.3. The minimum absolute atomic E-state index is 0.0105. The van der Waals surface area contributed by atoms with Crippen molar-refractivity contribution >= 4 is 13.7 Å². The van der Waals surface area contributed by atoms with Gasteiger partial charge in [0.25, 0.3) is 7.82 Å². The van der Waals surface area contributed by atoms with Crippen LogP contribution in [0.25, 0.3) is 0 Å². The Balaban J connectivity index is 4.20. The molecule has 0 aromatic carbocycles. The fourth-order valence-electron chi connectivity index (χ4n) is 8.21. The van der Waals surface area contributed by atoms with Gasteiger partial charge in [0.15, 0.2) is 0 Å². The second-order valence-corrected chi connectivity index (χ2v) is 21.7. The van der Waals surface area contributed by atoms with Crippen molar-refractivity contribution in [2.45, 2.75) is 270 Å². The van der Waals surface area contributed by atoms with E-state index in [1.165, 1.54) is 167 Å². The first-order valence-electron chi connectivity index (χ1n) is 28.0. The number of likely N-dealkylation sites (N-methyl/N-ethyl adjacent to an activating group) is 1. The third-order valence-corrected chi connectivity index (χ3v) is 13.5. The summed E-state index contributed by atoms with van der Waals surface area (Å²) in [7, 11) is 1.30. The van der Waals surface area contributed by atoms with Crippen molar-refractivity contribution < 1.29 is 32.9 Å². The van der Waals surface area contributed by atoms with Gasteiger partial charge in [0.1, 0.15) is 13.2 Å². The molecule has 0 rings (SSSR count). The number of allylic oxidation sites excluding steroid dienone is 8. The van der Waals surface area contributed by atoms with E-state index in [-0.39, 0.29) is 19.1 Å². The molecular weight excluding hydrogens is 840 g/mol. The van der Waals surface area contributed by atoms with Crippen molar-refractivity contribution in [2.24, 2.45) is 0 Å². The molecule has 0 saturated carbocycles. The fourth-order valence-corrected chi connectivity index (χ4v) is 8.93. The SMILES string of the molecule is CC/C=C\C/C=C\C/C=C\C/C=C\CCCCCCCCCCCCC(=O)NC(COP(=O)([O-])OCC[N+](C)(C)C)C(O)CCCCCCCCCCCCCCCCCCCCCCC. The number of nitrogens with zero attached hydrogens (tertiary/aromatic N) is 1. The number of aliphatic hydroxyl groups is 1. The Morgan fingerprint density at radius 1 is 0.545 bits per heavy atom. The second kappa shape index (κ2) is 48.5. The minimum Gasteiger partial charge on any atom is -0.756 e. The Bertz CT molecular complexity index is 1210. The van der Waals surface area contributed by atoms with Crippen molar-refractivity contribution in [3.63, 3.8) is 0 Å². The van der Waals surface area contributed by atoms with Crippen molar-refractivity contribution in [1.29, 1.82) is 0 Å². The lowest BCUT2D eigenvalue weighted by Crippen LogP contribution is -2.46. The Kier molecular flexibility index (Phi) is 47.4. The number of phosphoric ester groups is 1. The van der Waals surface area contributed by atoms with Gasteiger partial charge in [0.05, 0.1) is 39.9 Å². The van der Waals surface area contributed by atoms with Crippen LogP contribution >= 0.6 is 7.82 Å². The Morgan fingerprint density at radius 2 is 0.924 bits per heavy atom. The van der Waals surface area contributed by atoms with Crippen LogP contribution in [-0.2, 0) is 18.4 Å². The summed E-state index contributed by atoms with van der Waals surface area (Å²) in [6, 6.07) is -0.805. The Hall–Kier alpha value is -1.54. The van der Waals surface area contributed by atoms with Gasteiger partial charge in [-0.1, -0.05) is 249 Å². The normalized spacial score (nSPS) is 14.3. The highest BCUT2D eigenvalue weighted by molar-refractivity contribution is 7.45. The van der Waals surface area contributed by atoms with Gasteiger partial charge in [-0.05, 0) is 51.4 Å². The van der Waals surface area contributed by atoms with Crippen molar-refractivity contribution in [1.82, 2.24) is 5.32 Å². The Labute approximate surface area is 409 Å². The molecule has 0 aliphatic carbocycles. The van der Waals surface area contributed by atoms with Crippen LogP contribution < -0.4 is 10.2 Å². The first-order chi connectivity index (χ1) is 32.0. The molecule has 8 nitrogen and oxygen atoms in total. The molecule has 0 aromatic heterocycles. The van der Waals surface area contributed by atoms with E-state index in [0.717, 1.165) is 64.2 Å². The van der Waals surface area contributed by atoms with Crippen LogP contribution in [-0.4, -0.2) is 68.5 Å². The number of amides is 1. The Morgan fingerprint density at radius 3 is 1.35 bits per heavy atom. The molecule has 66 heavy (non-hydrogen) atoms. The van der Waals surface area contributed by atoms with E-state index in [4.69, 9.17) is 9.05 Å². The highest BCUT2D eigenvalue weighted by atomic mass is 31.2. The highest BCUT2D eigenvalue weighted by Crippen LogP contribution is 2.38. The van der Waals surface area contributed by atoms with E-state index < -0.39 is 20.0 Å². The molecule has 0 aliphatic rings. The van der Waals surface area contributed by atoms with Crippen LogP contribution in [0.1, 0.15) is 258 Å². The average Bonchev–Trinajstić information content (AvgIpc) is 3.28. The number of rotatable bonds is 51. The number of phosphoric acid groups is 1. The van der Waals surface area contributed by atoms with Crippen molar-refractivity contribution in [3.05, 3.63) is 48.6 Å². The maximum atomic E-state index is 13.0. The molecule has 9 heteroatoms. The van der Waals surface area contributed by atoms with Gasteiger partial charge in [-0.25, -0.2) is 0 Å². The van der Waals surface area contributed by atoms with Gasteiger partial charge in [-0.2, -0.15) is 0 Å². The van der Waals surface area contributed by atoms with Crippen molar-refractivity contribution in [3.8, 4) is 0 Å². The molecule has 3 unspecified atom stereocenters. The minimum atomic E-state index is -4.58. The van der Waals surface area contributed by atoms with E-state index in [1.54, 1.807) is 0 Å². The van der Waals surface area contributed by atoms with Gasteiger partial charge in [-0.15, -0.1) is 0 Å². The summed E-state index contributed by atoms with van der Waals surface area (Å²) < 4.78 is 23.4. The summed E-state index contributed by atoms with van der Waals surface area (Å²) in [6.07, 6.45) is 62.7. The fraction of sp³-hybridized carbons (Fsp3) is 0.842. The zero-order valence-corrected chi connectivity index (χ0v) is 45.0. The first-order valence-corrected chi connectivity index (χ1v) is 29.4. The summed E-state index contributed by atoms with van der Waals surface area (Å²) in [5, 5.41) is 14.0. The molecular formula is C57H109N2O6P. The first kappa shape index (κ1) is 64.5. The molecule has 1 amide bonds. The molecule has 3 atom stereocenters. The topological polar surface area (TPSA) is 108 Å². The number of nitrogens with one attached hydrogen (secondary N) is 1. The molecule has 2 N–H and O–H groups in total. The monoisotopic (exact) mass is 949 g/mol. The third kappa shape index (κ3) is 50.3. The molecule has 0 aliphatic heterocycles. The zero-order chi connectivity index (χ0) is 48.5. The third-order valence-electron chi connectivity index (χ3n) is 12.6. The van der Waals surface area contributed by atoms with Crippen molar-refractivity contribution in [2.75, 3.05) is 40.9 Å². The van der Waals surface area contributed by atoms with Crippen LogP contribution in [0.5, 0.6) is 0 Å². The van der Waals surface area contributed by atoms with Crippen LogP contribution in [0.3, 0.4) is 0 Å². The van der Waals surface area contributed by atoms with Crippen LogP contribution in [0, 0.1) is 0 Å². The maximum absolute atomic E-state index is 13.0. The molecule has 0 radical (unpaired) electrons. The van der Waals surface area contributed by atoms with Gasteiger partial charge in [0.2, 0.25) is 5.91 Å². The smallest absolute Gasteiger partial charge is 0.268 e. The number of carbonyl (C=O) groups excluding carboxylic acids is 1. The molecule has 388 valence electrons. The number of hydrogen-bond donors (Lipinski definition) is 2. The lowest BCUT2D eigenvalue weighted by molar-refractivity contribution is -0.870. The number of hydrogen-bond acceptors (Lipinski definition) is 6. The van der Waals surface area contributed by atoms with Crippen LogP contribution in [0.2, 0.25) is 0 Å². The van der Waals surface area contributed by atoms with E-state index in [1.807, 2.05) is 21.1 Å². The number of unbranched alkanes of at least 4 members (excludes halogenated alkanes) is 30.